The average molecular weight is 329 g/mol. The quantitative estimate of drug-likeness (QED) is 0.847. The molecule has 0 saturated heterocycles. The van der Waals surface area contributed by atoms with Gasteiger partial charge in [-0.05, 0) is 45.0 Å². The zero-order valence-corrected chi connectivity index (χ0v) is 13.8. The molecule has 0 aromatic carbocycles. The minimum atomic E-state index is -0.592. The van der Waals surface area contributed by atoms with Crippen LogP contribution in [0.4, 0.5) is 0 Å². The Bertz CT molecular complexity index is 694. The molecular weight excluding hydrogens is 310 g/mol. The maximum absolute atomic E-state index is 12.0. The standard InChI is InChI=1S/C17H19N3O4/c1-17(2,3)24-15(21)11-20-16(22)14-7-6-13(10-19-14)23-12-5-4-8-18-9-12/h4-10H,11H2,1-3H3,(H,20,22). The van der Waals surface area contributed by atoms with Gasteiger partial charge in [-0.1, -0.05) is 0 Å². The second kappa shape index (κ2) is 7.54. The monoisotopic (exact) mass is 329 g/mol. The summed E-state index contributed by atoms with van der Waals surface area (Å²) in [4.78, 5) is 31.5. The Morgan fingerprint density at radius 1 is 1.12 bits per heavy atom. The summed E-state index contributed by atoms with van der Waals surface area (Å²) in [5.74, 6) is 0.0780. The first-order valence-electron chi connectivity index (χ1n) is 7.37. The summed E-state index contributed by atoms with van der Waals surface area (Å²) in [6.07, 6.45) is 4.64. The molecule has 0 aliphatic rings. The fraction of sp³-hybridized carbons (Fsp3) is 0.294. The summed E-state index contributed by atoms with van der Waals surface area (Å²) in [7, 11) is 0. The van der Waals surface area contributed by atoms with E-state index in [2.05, 4.69) is 15.3 Å². The maximum atomic E-state index is 12.0. The lowest BCUT2D eigenvalue weighted by Crippen LogP contribution is -2.34. The number of hydrogen-bond acceptors (Lipinski definition) is 6. The molecule has 0 unspecified atom stereocenters. The van der Waals surface area contributed by atoms with Crippen molar-refractivity contribution in [3.05, 3.63) is 48.5 Å². The predicted octanol–water partition coefficient (Wildman–Crippen LogP) is 2.34. The molecule has 1 amide bonds. The summed E-state index contributed by atoms with van der Waals surface area (Å²) in [5.41, 5.74) is -0.414. The van der Waals surface area contributed by atoms with E-state index in [1.807, 2.05) is 0 Å². The van der Waals surface area contributed by atoms with Crippen molar-refractivity contribution in [3.63, 3.8) is 0 Å². The summed E-state index contributed by atoms with van der Waals surface area (Å²) in [5, 5.41) is 2.46. The molecule has 2 rings (SSSR count). The Hall–Kier alpha value is -2.96. The smallest absolute Gasteiger partial charge is 0.325 e. The van der Waals surface area contributed by atoms with Gasteiger partial charge in [-0.2, -0.15) is 0 Å². The van der Waals surface area contributed by atoms with Crippen LogP contribution in [0.5, 0.6) is 11.5 Å². The molecule has 2 aromatic heterocycles. The highest BCUT2D eigenvalue weighted by Gasteiger charge is 2.17. The number of pyridine rings is 2. The fourth-order valence-electron chi connectivity index (χ4n) is 1.74. The van der Waals surface area contributed by atoms with Gasteiger partial charge in [0.25, 0.3) is 5.91 Å². The third kappa shape index (κ3) is 5.68. The van der Waals surface area contributed by atoms with Crippen LogP contribution >= 0.6 is 0 Å². The van der Waals surface area contributed by atoms with Gasteiger partial charge in [0, 0.05) is 6.20 Å². The van der Waals surface area contributed by atoms with Crippen LogP contribution in [0.25, 0.3) is 0 Å². The number of rotatable bonds is 5. The number of carbonyl (C=O) groups excluding carboxylic acids is 2. The van der Waals surface area contributed by atoms with Crippen molar-refractivity contribution >= 4 is 11.9 Å². The molecule has 24 heavy (non-hydrogen) atoms. The molecule has 0 radical (unpaired) electrons. The lowest BCUT2D eigenvalue weighted by molar-refractivity contribution is -0.153. The molecular formula is C17H19N3O4. The van der Waals surface area contributed by atoms with Crippen LogP contribution in [-0.2, 0) is 9.53 Å². The van der Waals surface area contributed by atoms with Crippen molar-refractivity contribution in [1.82, 2.24) is 15.3 Å². The molecule has 0 aliphatic carbocycles. The first-order chi connectivity index (χ1) is 11.3. The van der Waals surface area contributed by atoms with Crippen LogP contribution in [0, 0.1) is 0 Å². The lowest BCUT2D eigenvalue weighted by atomic mass is 10.2. The van der Waals surface area contributed by atoms with E-state index in [1.54, 1.807) is 51.4 Å². The van der Waals surface area contributed by atoms with Gasteiger partial charge in [-0.25, -0.2) is 4.98 Å². The van der Waals surface area contributed by atoms with E-state index in [0.717, 1.165) is 0 Å². The molecule has 0 spiro atoms. The minimum Gasteiger partial charge on any atom is -0.459 e. The topological polar surface area (TPSA) is 90.4 Å². The van der Waals surface area contributed by atoms with Crippen LogP contribution in [0.3, 0.4) is 0 Å². The number of nitrogens with zero attached hydrogens (tertiary/aromatic N) is 2. The van der Waals surface area contributed by atoms with E-state index in [0.29, 0.717) is 11.5 Å². The van der Waals surface area contributed by atoms with Gasteiger partial charge in [-0.3, -0.25) is 14.6 Å². The summed E-state index contributed by atoms with van der Waals surface area (Å²) < 4.78 is 10.6. The van der Waals surface area contributed by atoms with Crippen LogP contribution in [-0.4, -0.2) is 34.0 Å². The largest absolute Gasteiger partial charge is 0.459 e. The van der Waals surface area contributed by atoms with Gasteiger partial charge < -0.3 is 14.8 Å². The molecule has 2 aromatic rings. The Morgan fingerprint density at radius 2 is 1.88 bits per heavy atom. The van der Waals surface area contributed by atoms with Gasteiger partial charge in [-0.15, -0.1) is 0 Å². The van der Waals surface area contributed by atoms with Crippen molar-refractivity contribution in [2.24, 2.45) is 0 Å². The number of nitrogens with one attached hydrogen (secondary N) is 1. The second-order valence-electron chi connectivity index (χ2n) is 5.94. The van der Waals surface area contributed by atoms with E-state index < -0.39 is 17.5 Å². The van der Waals surface area contributed by atoms with E-state index in [9.17, 15) is 9.59 Å². The predicted molar refractivity (Wildman–Crippen MR) is 86.7 cm³/mol. The molecule has 0 bridgehead atoms. The lowest BCUT2D eigenvalue weighted by Gasteiger charge is -2.19. The van der Waals surface area contributed by atoms with Crippen molar-refractivity contribution in [1.29, 1.82) is 0 Å². The zero-order chi connectivity index (χ0) is 17.6. The number of aromatic nitrogens is 2. The highest BCUT2D eigenvalue weighted by molar-refractivity contribution is 5.94. The zero-order valence-electron chi connectivity index (χ0n) is 13.8. The SMILES string of the molecule is CC(C)(C)OC(=O)CNC(=O)c1ccc(Oc2cccnc2)cn1. The highest BCUT2D eigenvalue weighted by atomic mass is 16.6. The van der Waals surface area contributed by atoms with Crippen molar-refractivity contribution in [2.75, 3.05) is 6.54 Å². The van der Waals surface area contributed by atoms with Crippen molar-refractivity contribution < 1.29 is 19.1 Å². The van der Waals surface area contributed by atoms with Gasteiger partial charge >= 0.3 is 5.97 Å². The molecule has 0 saturated carbocycles. The summed E-state index contributed by atoms with van der Waals surface area (Å²) in [6.45, 7) is 5.06. The van der Waals surface area contributed by atoms with Gasteiger partial charge in [0.2, 0.25) is 0 Å². The van der Waals surface area contributed by atoms with Crippen molar-refractivity contribution in [3.8, 4) is 11.5 Å². The molecule has 7 heteroatoms. The molecule has 1 N–H and O–H groups in total. The molecule has 0 fully saturated rings. The molecule has 7 nitrogen and oxygen atoms in total. The summed E-state index contributed by atoms with van der Waals surface area (Å²) in [6, 6.07) is 6.63. The number of ether oxygens (including phenoxy) is 2. The van der Waals surface area contributed by atoms with Crippen LogP contribution in [0.15, 0.2) is 42.9 Å². The van der Waals surface area contributed by atoms with E-state index in [1.165, 1.54) is 12.3 Å². The van der Waals surface area contributed by atoms with E-state index in [4.69, 9.17) is 9.47 Å². The second-order valence-corrected chi connectivity index (χ2v) is 5.94. The molecule has 0 atom stereocenters. The Morgan fingerprint density at radius 3 is 2.46 bits per heavy atom. The minimum absolute atomic E-state index is 0.178. The van der Waals surface area contributed by atoms with Gasteiger partial charge in [0.15, 0.2) is 0 Å². The van der Waals surface area contributed by atoms with Gasteiger partial charge in [0.05, 0.1) is 12.4 Å². The molecule has 2 heterocycles. The van der Waals surface area contributed by atoms with Crippen LogP contribution < -0.4 is 10.1 Å². The van der Waals surface area contributed by atoms with E-state index >= 15 is 0 Å². The third-order valence-corrected chi connectivity index (χ3v) is 2.65. The van der Waals surface area contributed by atoms with Gasteiger partial charge in [0.1, 0.15) is 29.3 Å². The Labute approximate surface area is 140 Å². The Kier molecular flexibility index (Phi) is 5.47. The van der Waals surface area contributed by atoms with Crippen LogP contribution in [0.2, 0.25) is 0 Å². The normalized spacial score (nSPS) is 10.8. The third-order valence-electron chi connectivity index (χ3n) is 2.65. The first-order valence-corrected chi connectivity index (χ1v) is 7.37. The highest BCUT2D eigenvalue weighted by Crippen LogP contribution is 2.18. The fourth-order valence-corrected chi connectivity index (χ4v) is 1.74. The molecule has 0 aliphatic heterocycles. The van der Waals surface area contributed by atoms with E-state index in [-0.39, 0.29) is 12.2 Å². The number of esters is 1. The molecule has 126 valence electrons. The average Bonchev–Trinajstić information content (AvgIpc) is 2.53. The first kappa shape index (κ1) is 17.4. The number of amides is 1. The number of carbonyl (C=O) groups is 2. The number of hydrogen-bond donors (Lipinski definition) is 1. The van der Waals surface area contributed by atoms with Crippen LogP contribution in [0.1, 0.15) is 31.3 Å². The maximum Gasteiger partial charge on any atom is 0.325 e. The summed E-state index contributed by atoms with van der Waals surface area (Å²) >= 11 is 0. The van der Waals surface area contributed by atoms with Crippen molar-refractivity contribution in [2.45, 2.75) is 26.4 Å². The Balaban J connectivity index is 1.88.